The third-order valence-corrected chi connectivity index (χ3v) is 12.2. The van der Waals surface area contributed by atoms with Gasteiger partial charge in [-0.2, -0.15) is 0 Å². The minimum Gasteiger partial charge on any atom is -0.462 e. The molecule has 0 spiro atoms. The van der Waals surface area contributed by atoms with E-state index in [9.17, 15) is 14.4 Å². The molecule has 6 heteroatoms. The number of carbonyl (C=O) groups excluding carboxylic acids is 3. The third kappa shape index (κ3) is 47.5. The van der Waals surface area contributed by atoms with Gasteiger partial charge in [0.25, 0.3) is 0 Å². The predicted octanol–water partition coefficient (Wildman–Crippen LogP) is 17.3. The molecule has 0 saturated heterocycles. The maximum atomic E-state index is 12.8. The summed E-state index contributed by atoms with van der Waals surface area (Å²) in [4.78, 5) is 37.9. The van der Waals surface area contributed by atoms with E-state index in [4.69, 9.17) is 14.2 Å². The molecule has 1 atom stereocenters. The SMILES string of the molecule is CCCCCCCCCCCCCCCCCCCCC(=O)O[C@H](COC(=O)CCCCCCCCCCCCCCC(C)C)COC(=O)CCCCCCCCC(C)C. The molecule has 6 nitrogen and oxygen atoms in total. The van der Waals surface area contributed by atoms with Crippen molar-refractivity contribution in [3.8, 4) is 0 Å². The zero-order valence-corrected chi connectivity index (χ0v) is 41.1. The van der Waals surface area contributed by atoms with Gasteiger partial charge in [0.15, 0.2) is 6.10 Å². The summed E-state index contributed by atoms with van der Waals surface area (Å²) in [7, 11) is 0. The van der Waals surface area contributed by atoms with E-state index in [1.54, 1.807) is 0 Å². The quantitative estimate of drug-likeness (QED) is 0.0345. The smallest absolute Gasteiger partial charge is 0.306 e. The van der Waals surface area contributed by atoms with Gasteiger partial charge in [-0.15, -0.1) is 0 Å². The van der Waals surface area contributed by atoms with Gasteiger partial charge in [0.05, 0.1) is 0 Å². The van der Waals surface area contributed by atoms with Crippen molar-refractivity contribution in [3.63, 3.8) is 0 Å². The number of hydrogen-bond donors (Lipinski definition) is 0. The monoisotopic (exact) mass is 849 g/mol. The zero-order valence-electron chi connectivity index (χ0n) is 41.1. The number of rotatable bonds is 48. The number of hydrogen-bond acceptors (Lipinski definition) is 6. The maximum Gasteiger partial charge on any atom is 0.306 e. The molecule has 0 unspecified atom stereocenters. The minimum absolute atomic E-state index is 0.0644. The molecule has 0 aliphatic rings. The van der Waals surface area contributed by atoms with Gasteiger partial charge < -0.3 is 14.2 Å². The van der Waals surface area contributed by atoms with Gasteiger partial charge in [0.1, 0.15) is 13.2 Å². The molecule has 0 aliphatic heterocycles. The molecule has 0 aromatic heterocycles. The number of carbonyl (C=O) groups is 3. The van der Waals surface area contributed by atoms with E-state index in [0.717, 1.165) is 69.6 Å². The van der Waals surface area contributed by atoms with Crippen LogP contribution in [-0.2, 0) is 28.6 Å². The lowest BCUT2D eigenvalue weighted by Crippen LogP contribution is -2.30. The van der Waals surface area contributed by atoms with E-state index in [-0.39, 0.29) is 31.1 Å². The van der Waals surface area contributed by atoms with E-state index in [1.807, 2.05) is 0 Å². The summed E-state index contributed by atoms with van der Waals surface area (Å²) in [5.74, 6) is 0.746. The Morgan fingerprint density at radius 1 is 0.317 bits per heavy atom. The maximum absolute atomic E-state index is 12.8. The summed E-state index contributed by atoms with van der Waals surface area (Å²) < 4.78 is 16.8. The summed E-state index contributed by atoms with van der Waals surface area (Å²) in [5.41, 5.74) is 0. The van der Waals surface area contributed by atoms with Crippen LogP contribution in [0.4, 0.5) is 0 Å². The van der Waals surface area contributed by atoms with Gasteiger partial charge in [-0.05, 0) is 31.1 Å². The van der Waals surface area contributed by atoms with Crippen molar-refractivity contribution in [2.45, 2.75) is 304 Å². The summed E-state index contributed by atoms with van der Waals surface area (Å²) in [5, 5.41) is 0. The number of ether oxygens (including phenoxy) is 3. The topological polar surface area (TPSA) is 78.9 Å². The van der Waals surface area contributed by atoms with E-state index in [1.165, 1.54) is 186 Å². The summed E-state index contributed by atoms with van der Waals surface area (Å²) in [6.07, 6.45) is 48.2. The summed E-state index contributed by atoms with van der Waals surface area (Å²) >= 11 is 0. The van der Waals surface area contributed by atoms with Crippen LogP contribution in [0.5, 0.6) is 0 Å². The lowest BCUT2D eigenvalue weighted by Gasteiger charge is -2.18. The molecule has 0 aliphatic carbocycles. The molecule has 0 amide bonds. The first-order valence-electron chi connectivity index (χ1n) is 26.7. The average Bonchev–Trinajstić information content (AvgIpc) is 3.22. The van der Waals surface area contributed by atoms with Crippen LogP contribution >= 0.6 is 0 Å². The molecule has 0 heterocycles. The lowest BCUT2D eigenvalue weighted by molar-refractivity contribution is -0.167. The van der Waals surface area contributed by atoms with Gasteiger partial charge in [-0.3, -0.25) is 14.4 Å². The van der Waals surface area contributed by atoms with Crippen molar-refractivity contribution in [3.05, 3.63) is 0 Å². The molecule has 60 heavy (non-hydrogen) atoms. The van der Waals surface area contributed by atoms with Crippen molar-refractivity contribution in [1.82, 2.24) is 0 Å². The van der Waals surface area contributed by atoms with Crippen LogP contribution in [0.3, 0.4) is 0 Å². The Morgan fingerprint density at radius 2 is 0.550 bits per heavy atom. The van der Waals surface area contributed by atoms with Crippen molar-refractivity contribution in [2.75, 3.05) is 13.2 Å². The Hall–Kier alpha value is -1.59. The normalized spacial score (nSPS) is 12.1. The van der Waals surface area contributed by atoms with Crippen LogP contribution in [0.15, 0.2) is 0 Å². The minimum atomic E-state index is -0.762. The molecular formula is C54H104O6. The van der Waals surface area contributed by atoms with E-state index in [0.29, 0.717) is 19.3 Å². The second-order valence-corrected chi connectivity index (χ2v) is 19.5. The fourth-order valence-corrected chi connectivity index (χ4v) is 8.17. The molecule has 0 bridgehead atoms. The lowest BCUT2D eigenvalue weighted by atomic mass is 10.0. The van der Waals surface area contributed by atoms with Gasteiger partial charge >= 0.3 is 17.9 Å². The largest absolute Gasteiger partial charge is 0.462 e. The third-order valence-electron chi connectivity index (χ3n) is 12.2. The molecule has 356 valence electrons. The highest BCUT2D eigenvalue weighted by Crippen LogP contribution is 2.18. The highest BCUT2D eigenvalue weighted by Gasteiger charge is 2.19. The van der Waals surface area contributed by atoms with Crippen molar-refractivity contribution in [2.24, 2.45) is 11.8 Å². The Morgan fingerprint density at radius 3 is 0.817 bits per heavy atom. The first-order valence-corrected chi connectivity index (χ1v) is 26.7. The second-order valence-electron chi connectivity index (χ2n) is 19.5. The molecular weight excluding hydrogens is 745 g/mol. The molecule has 0 aromatic rings. The second kappa shape index (κ2) is 46.9. The Kier molecular flexibility index (Phi) is 45.7. The zero-order chi connectivity index (χ0) is 44.0. The Labute approximate surface area is 374 Å². The first kappa shape index (κ1) is 58.4. The van der Waals surface area contributed by atoms with Gasteiger partial charge in [-0.1, -0.05) is 259 Å². The standard InChI is InChI=1S/C54H104O6/c1-6-7-8-9-10-11-12-13-14-15-16-17-18-23-26-29-36-41-46-54(57)60-51(48-59-53(56)45-40-35-31-30-33-38-43-50(4)5)47-58-52(55)44-39-34-28-25-22-20-19-21-24-27-32-37-42-49(2)3/h49-51H,6-48H2,1-5H3/t51-/m1/s1. The highest BCUT2D eigenvalue weighted by molar-refractivity contribution is 5.71. The fourth-order valence-electron chi connectivity index (χ4n) is 8.17. The summed E-state index contributed by atoms with van der Waals surface area (Å²) in [6, 6.07) is 0. The molecule has 0 aromatic carbocycles. The van der Waals surface area contributed by atoms with Crippen molar-refractivity contribution >= 4 is 17.9 Å². The molecule has 0 rings (SSSR count). The van der Waals surface area contributed by atoms with Crippen molar-refractivity contribution < 1.29 is 28.6 Å². The van der Waals surface area contributed by atoms with Crippen LogP contribution in [0, 0.1) is 11.8 Å². The van der Waals surface area contributed by atoms with E-state index in [2.05, 4.69) is 34.6 Å². The van der Waals surface area contributed by atoms with Gasteiger partial charge in [0, 0.05) is 19.3 Å². The average molecular weight is 849 g/mol. The van der Waals surface area contributed by atoms with Crippen LogP contribution in [0.2, 0.25) is 0 Å². The van der Waals surface area contributed by atoms with Crippen LogP contribution < -0.4 is 0 Å². The first-order chi connectivity index (χ1) is 29.2. The molecule has 0 N–H and O–H groups in total. The molecule has 0 fully saturated rings. The van der Waals surface area contributed by atoms with Crippen molar-refractivity contribution in [1.29, 1.82) is 0 Å². The van der Waals surface area contributed by atoms with Crippen LogP contribution in [0.1, 0.15) is 298 Å². The summed E-state index contributed by atoms with van der Waals surface area (Å²) in [6.45, 7) is 11.3. The number of esters is 3. The van der Waals surface area contributed by atoms with Crippen LogP contribution in [-0.4, -0.2) is 37.2 Å². The predicted molar refractivity (Wildman–Crippen MR) is 256 cm³/mol. The Bertz CT molecular complexity index is 916. The Balaban J connectivity index is 4.25. The van der Waals surface area contributed by atoms with Crippen LogP contribution in [0.25, 0.3) is 0 Å². The number of unbranched alkanes of at least 4 members (excludes halogenated alkanes) is 33. The molecule has 0 saturated carbocycles. The molecule has 0 radical (unpaired) electrons. The van der Waals surface area contributed by atoms with E-state index >= 15 is 0 Å². The van der Waals surface area contributed by atoms with E-state index < -0.39 is 6.10 Å². The highest BCUT2D eigenvalue weighted by atomic mass is 16.6. The van der Waals surface area contributed by atoms with Gasteiger partial charge in [-0.25, -0.2) is 0 Å². The van der Waals surface area contributed by atoms with Gasteiger partial charge in [0.2, 0.25) is 0 Å². The fraction of sp³-hybridized carbons (Fsp3) is 0.944.